The molecule has 2 aliphatic rings. The first-order chi connectivity index (χ1) is 9.37. The van der Waals surface area contributed by atoms with Gasteiger partial charge in [-0.3, -0.25) is 0 Å². The van der Waals surface area contributed by atoms with E-state index in [4.69, 9.17) is 19.7 Å². The van der Waals surface area contributed by atoms with E-state index in [-0.39, 0.29) is 17.1 Å². The maximum absolute atomic E-state index is 11.9. The number of aliphatic hydroxyl groups excluding tert-OH is 2. The number of carbonyl (C=O) groups excluding carboxylic acids is 2. The van der Waals surface area contributed by atoms with Gasteiger partial charge in [0.15, 0.2) is 5.60 Å². The summed E-state index contributed by atoms with van der Waals surface area (Å²) >= 11 is 0. The monoisotopic (exact) mass is 282 g/mol. The van der Waals surface area contributed by atoms with Gasteiger partial charge >= 0.3 is 11.9 Å². The minimum atomic E-state index is -0.695. The van der Waals surface area contributed by atoms with Crippen molar-refractivity contribution >= 4 is 11.9 Å². The molecule has 6 heteroatoms. The SMILES string of the molecule is C=C(C)C(=O)OC1C2CC21OC(=O)C(C)=C(CO)CO. The lowest BCUT2D eigenvalue weighted by Gasteiger charge is -2.15. The number of rotatable bonds is 6. The highest BCUT2D eigenvalue weighted by Crippen LogP contribution is 2.71. The van der Waals surface area contributed by atoms with Gasteiger partial charge in [0.05, 0.1) is 13.2 Å². The van der Waals surface area contributed by atoms with Crippen molar-refractivity contribution < 1.29 is 29.3 Å². The van der Waals surface area contributed by atoms with Crippen LogP contribution in [0.4, 0.5) is 0 Å². The average Bonchev–Trinajstić information content (AvgIpc) is 3.25. The van der Waals surface area contributed by atoms with Crippen LogP contribution in [0.1, 0.15) is 20.3 Å². The third-order valence-electron chi connectivity index (χ3n) is 3.83. The van der Waals surface area contributed by atoms with Gasteiger partial charge in [-0.05, 0) is 19.4 Å². The molecule has 110 valence electrons. The molecule has 2 rings (SSSR count). The first kappa shape index (κ1) is 14.7. The quantitative estimate of drug-likeness (QED) is 0.530. The second-order valence-electron chi connectivity index (χ2n) is 5.31. The number of ether oxygens (including phenoxy) is 2. The molecule has 0 amide bonds. The zero-order valence-electron chi connectivity index (χ0n) is 11.5. The molecule has 0 heterocycles. The third kappa shape index (κ3) is 2.36. The molecule has 0 radical (unpaired) electrons. The Balaban J connectivity index is 1.93. The van der Waals surface area contributed by atoms with Gasteiger partial charge in [0.1, 0.15) is 6.10 Å². The van der Waals surface area contributed by atoms with E-state index < -0.39 is 36.9 Å². The Bertz CT molecular complexity index is 500. The summed E-state index contributed by atoms with van der Waals surface area (Å²) in [5.74, 6) is -1.02. The number of carbonyl (C=O) groups is 2. The first-order valence-corrected chi connectivity index (χ1v) is 6.37. The lowest BCUT2D eigenvalue weighted by molar-refractivity contribution is -0.153. The van der Waals surface area contributed by atoms with Gasteiger partial charge in [-0.2, -0.15) is 0 Å². The fraction of sp³-hybridized carbons (Fsp3) is 0.571. The number of aliphatic hydroxyl groups is 2. The lowest BCUT2D eigenvalue weighted by atomic mass is 10.1. The molecule has 0 aromatic rings. The van der Waals surface area contributed by atoms with Crippen molar-refractivity contribution in [1.29, 1.82) is 0 Å². The van der Waals surface area contributed by atoms with Crippen LogP contribution in [-0.2, 0) is 19.1 Å². The molecular weight excluding hydrogens is 264 g/mol. The fourth-order valence-electron chi connectivity index (χ4n) is 2.06. The predicted molar refractivity (Wildman–Crippen MR) is 68.5 cm³/mol. The van der Waals surface area contributed by atoms with Crippen LogP contribution < -0.4 is 0 Å². The van der Waals surface area contributed by atoms with Crippen molar-refractivity contribution in [2.45, 2.75) is 32.0 Å². The molecule has 0 aromatic carbocycles. The molecule has 0 aromatic heterocycles. The second kappa shape index (κ2) is 5.03. The van der Waals surface area contributed by atoms with Crippen LogP contribution in [0.25, 0.3) is 0 Å². The standard InChI is InChI=1S/C14H18O6/c1-7(2)12(17)19-11-10-4-14(10,11)20-13(18)8(3)9(5-15)6-16/h10-11,15-16H,1,4-6H2,2-3H3. The molecule has 20 heavy (non-hydrogen) atoms. The minimum Gasteiger partial charge on any atom is -0.454 e. The normalized spacial score (nSPS) is 29.0. The summed E-state index contributed by atoms with van der Waals surface area (Å²) < 4.78 is 10.5. The van der Waals surface area contributed by atoms with Crippen LogP contribution in [0.3, 0.4) is 0 Å². The van der Waals surface area contributed by atoms with Crippen molar-refractivity contribution in [2.24, 2.45) is 5.92 Å². The first-order valence-electron chi connectivity index (χ1n) is 6.37. The van der Waals surface area contributed by atoms with Gasteiger partial charge in [0.2, 0.25) is 0 Å². The Morgan fingerprint density at radius 1 is 1.25 bits per heavy atom. The molecular formula is C14H18O6. The van der Waals surface area contributed by atoms with E-state index in [1.54, 1.807) is 6.92 Å². The molecule has 3 atom stereocenters. The maximum atomic E-state index is 11.9. The summed E-state index contributed by atoms with van der Waals surface area (Å²) in [6.45, 7) is 5.72. The van der Waals surface area contributed by atoms with E-state index in [1.165, 1.54) is 6.92 Å². The van der Waals surface area contributed by atoms with Crippen LogP contribution in [0.2, 0.25) is 0 Å². The van der Waals surface area contributed by atoms with Gasteiger partial charge < -0.3 is 19.7 Å². The molecule has 6 nitrogen and oxygen atoms in total. The van der Waals surface area contributed by atoms with Crippen molar-refractivity contribution in [2.75, 3.05) is 13.2 Å². The zero-order valence-corrected chi connectivity index (χ0v) is 11.5. The van der Waals surface area contributed by atoms with Crippen LogP contribution in [0.15, 0.2) is 23.3 Å². The molecule has 2 fully saturated rings. The van der Waals surface area contributed by atoms with Crippen LogP contribution in [0.5, 0.6) is 0 Å². The Kier molecular flexibility index (Phi) is 3.71. The van der Waals surface area contributed by atoms with E-state index in [1.807, 2.05) is 0 Å². The van der Waals surface area contributed by atoms with Crippen LogP contribution in [-0.4, -0.2) is 47.1 Å². The number of hydrogen-bond acceptors (Lipinski definition) is 6. The van der Waals surface area contributed by atoms with E-state index >= 15 is 0 Å². The van der Waals surface area contributed by atoms with E-state index in [9.17, 15) is 9.59 Å². The Morgan fingerprint density at radius 3 is 2.30 bits per heavy atom. The molecule has 0 bridgehead atoms. The number of esters is 2. The highest BCUT2D eigenvalue weighted by molar-refractivity contribution is 5.90. The smallest absolute Gasteiger partial charge is 0.334 e. The van der Waals surface area contributed by atoms with Crippen molar-refractivity contribution in [3.8, 4) is 0 Å². The predicted octanol–water partition coefficient (Wildman–Crippen LogP) is 0.0909. The molecule has 2 N–H and O–H groups in total. The van der Waals surface area contributed by atoms with Crippen LogP contribution >= 0.6 is 0 Å². The summed E-state index contributed by atoms with van der Waals surface area (Å²) in [5.41, 5.74) is 0.0165. The molecule has 3 unspecified atom stereocenters. The highest BCUT2D eigenvalue weighted by Gasteiger charge is 2.86. The van der Waals surface area contributed by atoms with E-state index in [0.717, 1.165) is 0 Å². The van der Waals surface area contributed by atoms with Gasteiger partial charge in [-0.15, -0.1) is 0 Å². The zero-order chi connectivity index (χ0) is 15.1. The topological polar surface area (TPSA) is 93.1 Å². The molecule has 0 spiro atoms. The Labute approximate surface area is 116 Å². The van der Waals surface area contributed by atoms with Crippen molar-refractivity contribution in [3.05, 3.63) is 23.3 Å². The highest BCUT2D eigenvalue weighted by atomic mass is 16.6. The summed E-state index contributed by atoms with van der Waals surface area (Å²) in [4.78, 5) is 23.3. The summed E-state index contributed by atoms with van der Waals surface area (Å²) in [6.07, 6.45) is 0.281. The average molecular weight is 282 g/mol. The molecule has 2 aliphatic carbocycles. The van der Waals surface area contributed by atoms with Gasteiger partial charge in [-0.1, -0.05) is 6.58 Å². The van der Waals surface area contributed by atoms with E-state index in [2.05, 4.69) is 6.58 Å². The molecule has 2 saturated carbocycles. The number of hydrogen-bond donors (Lipinski definition) is 2. The van der Waals surface area contributed by atoms with Crippen molar-refractivity contribution in [3.63, 3.8) is 0 Å². The fourth-order valence-corrected chi connectivity index (χ4v) is 2.06. The summed E-state index contributed by atoms with van der Waals surface area (Å²) in [5, 5.41) is 18.0. The summed E-state index contributed by atoms with van der Waals surface area (Å²) in [6, 6.07) is 0. The largest absolute Gasteiger partial charge is 0.454 e. The van der Waals surface area contributed by atoms with Gasteiger partial charge in [0, 0.05) is 23.5 Å². The lowest BCUT2D eigenvalue weighted by Crippen LogP contribution is -2.24. The Hall–Kier alpha value is -1.66. The number of fused-ring (bicyclic) bond motifs is 1. The van der Waals surface area contributed by atoms with Gasteiger partial charge in [-0.25, -0.2) is 9.59 Å². The van der Waals surface area contributed by atoms with Crippen LogP contribution in [0, 0.1) is 5.92 Å². The third-order valence-corrected chi connectivity index (χ3v) is 3.83. The Morgan fingerprint density at radius 2 is 1.85 bits per heavy atom. The van der Waals surface area contributed by atoms with E-state index in [0.29, 0.717) is 12.0 Å². The maximum Gasteiger partial charge on any atom is 0.334 e. The van der Waals surface area contributed by atoms with Gasteiger partial charge in [0.25, 0.3) is 0 Å². The summed E-state index contributed by atoms with van der Waals surface area (Å²) in [7, 11) is 0. The van der Waals surface area contributed by atoms with Crippen molar-refractivity contribution in [1.82, 2.24) is 0 Å². The second-order valence-corrected chi connectivity index (χ2v) is 5.31. The minimum absolute atomic E-state index is 0.0641. The molecule has 0 aliphatic heterocycles. The molecule has 0 saturated heterocycles.